The zero-order chi connectivity index (χ0) is 14.2. The molecule has 0 aromatic carbocycles. The van der Waals surface area contributed by atoms with Crippen molar-refractivity contribution in [1.82, 2.24) is 20.0 Å². The van der Waals surface area contributed by atoms with E-state index in [4.69, 9.17) is 11.6 Å². The molecule has 2 aromatic heterocycles. The van der Waals surface area contributed by atoms with Crippen LogP contribution in [-0.2, 0) is 5.41 Å². The Balaban J connectivity index is 2.70. The van der Waals surface area contributed by atoms with Gasteiger partial charge in [-0.2, -0.15) is 14.9 Å². The zero-order valence-corrected chi connectivity index (χ0v) is 11.4. The molecule has 2 rings (SSSR count). The lowest BCUT2D eigenvalue weighted by molar-refractivity contribution is -0.385. The van der Waals surface area contributed by atoms with Crippen LogP contribution in [0.15, 0.2) is 18.3 Å². The molecule has 0 aliphatic heterocycles. The maximum Gasteiger partial charge on any atom is 0.330 e. The average molecular weight is 282 g/mol. The van der Waals surface area contributed by atoms with Gasteiger partial charge in [0.25, 0.3) is 0 Å². The van der Waals surface area contributed by atoms with Crippen molar-refractivity contribution in [2.45, 2.75) is 26.2 Å². The molecule has 0 N–H and O–H groups in total. The van der Waals surface area contributed by atoms with Crippen LogP contribution in [0.3, 0.4) is 0 Å². The molecular weight excluding hydrogens is 270 g/mol. The van der Waals surface area contributed by atoms with Gasteiger partial charge >= 0.3 is 5.69 Å². The van der Waals surface area contributed by atoms with Crippen molar-refractivity contribution in [3.63, 3.8) is 0 Å². The summed E-state index contributed by atoms with van der Waals surface area (Å²) in [6.07, 6.45) is 1.50. The van der Waals surface area contributed by atoms with Crippen molar-refractivity contribution in [2.24, 2.45) is 0 Å². The van der Waals surface area contributed by atoms with Crippen LogP contribution in [0.1, 0.15) is 26.5 Å². The van der Waals surface area contributed by atoms with Crippen molar-refractivity contribution in [2.75, 3.05) is 0 Å². The summed E-state index contributed by atoms with van der Waals surface area (Å²) in [4.78, 5) is 10.6. The number of nitro groups is 1. The summed E-state index contributed by atoms with van der Waals surface area (Å²) >= 11 is 6.06. The molecule has 100 valence electrons. The molecular formula is C11H12ClN5O2. The predicted octanol–water partition coefficient (Wildman–Crippen LogP) is 2.52. The quantitative estimate of drug-likeness (QED) is 0.623. The van der Waals surface area contributed by atoms with Gasteiger partial charge < -0.3 is 0 Å². The minimum absolute atomic E-state index is 0.0737. The monoisotopic (exact) mass is 281 g/mol. The summed E-state index contributed by atoms with van der Waals surface area (Å²) in [5.41, 5.74) is -0.382. The number of hydrogen-bond acceptors (Lipinski definition) is 5. The van der Waals surface area contributed by atoms with E-state index in [-0.39, 0.29) is 10.8 Å². The molecule has 0 bridgehead atoms. The van der Waals surface area contributed by atoms with Gasteiger partial charge in [0.1, 0.15) is 5.69 Å². The van der Waals surface area contributed by atoms with Crippen LogP contribution in [0, 0.1) is 10.1 Å². The molecule has 0 unspecified atom stereocenters. The van der Waals surface area contributed by atoms with Crippen LogP contribution in [-0.4, -0.2) is 24.9 Å². The molecule has 0 aliphatic carbocycles. The topological polar surface area (TPSA) is 86.7 Å². The predicted molar refractivity (Wildman–Crippen MR) is 69.5 cm³/mol. The molecule has 0 amide bonds. The summed E-state index contributed by atoms with van der Waals surface area (Å²) in [5, 5.41) is 22.9. The number of aromatic nitrogens is 4. The highest BCUT2D eigenvalue weighted by atomic mass is 35.5. The number of halogens is 1. The molecule has 7 nitrogen and oxygen atoms in total. The molecule has 0 saturated heterocycles. The van der Waals surface area contributed by atoms with E-state index in [1.54, 1.807) is 12.1 Å². The Bertz CT molecular complexity index is 618. The lowest BCUT2D eigenvalue weighted by atomic mass is 9.91. The number of rotatable bonds is 2. The Labute approximate surface area is 114 Å². The second-order valence-corrected chi connectivity index (χ2v) is 5.35. The first-order valence-corrected chi connectivity index (χ1v) is 5.91. The van der Waals surface area contributed by atoms with Gasteiger partial charge in [-0.05, 0) is 12.1 Å². The van der Waals surface area contributed by atoms with Gasteiger partial charge in [0.2, 0.25) is 5.15 Å². The molecule has 0 aliphatic rings. The zero-order valence-electron chi connectivity index (χ0n) is 10.7. The lowest BCUT2D eigenvalue weighted by Crippen LogP contribution is -2.14. The standard InChI is InChI=1S/C11H12ClN5O2/c1-11(2,3)9-8(17(18)19)10(12)16(15-9)7-5-4-6-13-14-7/h4-6H,1-3H3. The van der Waals surface area contributed by atoms with E-state index < -0.39 is 10.3 Å². The smallest absolute Gasteiger partial charge is 0.258 e. The van der Waals surface area contributed by atoms with Crippen LogP contribution in [0.5, 0.6) is 0 Å². The van der Waals surface area contributed by atoms with Crippen molar-refractivity contribution in [3.8, 4) is 5.82 Å². The summed E-state index contributed by atoms with van der Waals surface area (Å²) in [6, 6.07) is 3.28. The van der Waals surface area contributed by atoms with Crippen molar-refractivity contribution in [3.05, 3.63) is 39.3 Å². The van der Waals surface area contributed by atoms with Crippen LogP contribution < -0.4 is 0 Å². The fraction of sp³-hybridized carbons (Fsp3) is 0.364. The molecule has 2 aromatic rings. The highest BCUT2D eigenvalue weighted by molar-refractivity contribution is 6.32. The molecule has 19 heavy (non-hydrogen) atoms. The van der Waals surface area contributed by atoms with Gasteiger partial charge in [-0.25, -0.2) is 0 Å². The molecule has 0 saturated carbocycles. The van der Waals surface area contributed by atoms with E-state index in [0.717, 1.165) is 0 Å². The Morgan fingerprint density at radius 1 is 1.42 bits per heavy atom. The summed E-state index contributed by atoms with van der Waals surface area (Å²) < 4.78 is 1.23. The largest absolute Gasteiger partial charge is 0.330 e. The first-order valence-electron chi connectivity index (χ1n) is 5.54. The highest BCUT2D eigenvalue weighted by Gasteiger charge is 2.34. The van der Waals surface area contributed by atoms with E-state index in [1.165, 1.54) is 10.9 Å². The maximum absolute atomic E-state index is 11.2. The van der Waals surface area contributed by atoms with Crippen LogP contribution in [0.2, 0.25) is 5.15 Å². The fourth-order valence-electron chi connectivity index (χ4n) is 1.61. The molecule has 0 fully saturated rings. The van der Waals surface area contributed by atoms with Crippen LogP contribution in [0.4, 0.5) is 5.69 Å². The molecule has 0 spiro atoms. The summed E-state index contributed by atoms with van der Waals surface area (Å²) in [5.74, 6) is 0.339. The van der Waals surface area contributed by atoms with Gasteiger partial charge in [-0.1, -0.05) is 32.4 Å². The third kappa shape index (κ3) is 2.41. The normalized spacial score (nSPS) is 11.6. The summed E-state index contributed by atoms with van der Waals surface area (Å²) in [7, 11) is 0. The molecule has 2 heterocycles. The van der Waals surface area contributed by atoms with Crippen LogP contribution in [0.25, 0.3) is 5.82 Å². The van der Waals surface area contributed by atoms with Gasteiger partial charge in [-0.15, -0.1) is 5.10 Å². The molecule has 8 heteroatoms. The number of nitrogens with zero attached hydrogens (tertiary/aromatic N) is 5. The van der Waals surface area contributed by atoms with Gasteiger partial charge in [-0.3, -0.25) is 10.1 Å². The van der Waals surface area contributed by atoms with Gasteiger partial charge in [0.15, 0.2) is 5.82 Å². The van der Waals surface area contributed by atoms with E-state index in [9.17, 15) is 10.1 Å². The average Bonchev–Trinajstić information content (AvgIpc) is 2.68. The first-order chi connectivity index (χ1) is 8.82. The second-order valence-electron chi connectivity index (χ2n) is 4.99. The van der Waals surface area contributed by atoms with E-state index in [2.05, 4.69) is 15.3 Å². The summed E-state index contributed by atoms with van der Waals surface area (Å²) in [6.45, 7) is 5.50. The van der Waals surface area contributed by atoms with Crippen molar-refractivity contribution in [1.29, 1.82) is 0 Å². The van der Waals surface area contributed by atoms with Crippen LogP contribution >= 0.6 is 11.6 Å². The Morgan fingerprint density at radius 2 is 2.11 bits per heavy atom. The second kappa shape index (κ2) is 4.58. The highest BCUT2D eigenvalue weighted by Crippen LogP contribution is 2.36. The molecule has 0 atom stereocenters. The third-order valence-electron chi connectivity index (χ3n) is 2.47. The molecule has 0 radical (unpaired) electrons. The minimum atomic E-state index is -0.525. The van der Waals surface area contributed by atoms with E-state index in [0.29, 0.717) is 11.5 Å². The maximum atomic E-state index is 11.2. The third-order valence-corrected chi connectivity index (χ3v) is 2.81. The Hall–Kier alpha value is -2.02. The Morgan fingerprint density at radius 3 is 2.53 bits per heavy atom. The fourth-order valence-corrected chi connectivity index (χ4v) is 1.90. The lowest BCUT2D eigenvalue weighted by Gasteiger charge is -2.13. The first kappa shape index (κ1) is 13.4. The van der Waals surface area contributed by atoms with E-state index >= 15 is 0 Å². The van der Waals surface area contributed by atoms with Crippen molar-refractivity contribution >= 4 is 17.3 Å². The van der Waals surface area contributed by atoms with Gasteiger partial charge in [0, 0.05) is 11.6 Å². The number of hydrogen-bond donors (Lipinski definition) is 0. The Kier molecular flexibility index (Phi) is 3.23. The minimum Gasteiger partial charge on any atom is -0.258 e. The van der Waals surface area contributed by atoms with E-state index in [1.807, 2.05) is 20.8 Å². The SMILES string of the molecule is CC(C)(C)c1nn(-c2cccnn2)c(Cl)c1[N+](=O)[O-]. The van der Waals surface area contributed by atoms with Gasteiger partial charge in [0.05, 0.1) is 4.92 Å². The van der Waals surface area contributed by atoms with Crippen molar-refractivity contribution < 1.29 is 4.92 Å².